The highest BCUT2D eigenvalue weighted by Crippen LogP contribution is 2.25. The minimum atomic E-state index is -0.654. The molecule has 3 heterocycles. The number of aliphatic hydroxyl groups is 1. The molecule has 4 rings (SSSR count). The summed E-state index contributed by atoms with van der Waals surface area (Å²) in [5.74, 6) is 1.16. The van der Waals surface area contributed by atoms with Gasteiger partial charge in [-0.1, -0.05) is 23.4 Å². The molecule has 9 nitrogen and oxygen atoms in total. The monoisotopic (exact) mass is 438 g/mol. The molecule has 9 heteroatoms. The molecule has 0 aliphatic carbocycles. The zero-order valence-corrected chi connectivity index (χ0v) is 17.7. The van der Waals surface area contributed by atoms with Crippen LogP contribution in [0.1, 0.15) is 18.5 Å². The van der Waals surface area contributed by atoms with Crippen molar-refractivity contribution in [1.29, 1.82) is 0 Å². The summed E-state index contributed by atoms with van der Waals surface area (Å²) in [6, 6.07) is 14.2. The highest BCUT2D eigenvalue weighted by molar-refractivity contribution is 5.90. The molecule has 1 aromatic carbocycles. The Morgan fingerprint density at radius 2 is 2.06 bits per heavy atom. The number of para-hydroxylation sites is 2. The predicted octanol–water partition coefficient (Wildman–Crippen LogP) is 3.02. The number of hydrogen-bond acceptors (Lipinski definition) is 7. The van der Waals surface area contributed by atoms with Gasteiger partial charge in [0, 0.05) is 25.2 Å². The van der Waals surface area contributed by atoms with Crippen molar-refractivity contribution in [2.24, 2.45) is 0 Å². The summed E-state index contributed by atoms with van der Waals surface area (Å²) in [5, 5.41) is 20.0. The minimum absolute atomic E-state index is 0.135. The Morgan fingerprint density at radius 1 is 1.22 bits per heavy atom. The van der Waals surface area contributed by atoms with Crippen molar-refractivity contribution in [2.75, 3.05) is 19.0 Å². The van der Waals surface area contributed by atoms with Gasteiger partial charge in [0.25, 0.3) is 0 Å². The molecule has 2 amide bonds. The number of amides is 2. The lowest BCUT2D eigenvalue weighted by molar-refractivity contribution is -0.113. The Hall–Kier alpha value is -3.43. The lowest BCUT2D eigenvalue weighted by Crippen LogP contribution is -2.47. The van der Waals surface area contributed by atoms with E-state index in [2.05, 4.69) is 20.8 Å². The summed E-state index contributed by atoms with van der Waals surface area (Å²) in [6.45, 7) is 0.177. The van der Waals surface area contributed by atoms with Crippen LogP contribution >= 0.6 is 0 Å². The van der Waals surface area contributed by atoms with Crippen LogP contribution in [-0.4, -0.2) is 53.2 Å². The second-order valence-corrected chi connectivity index (χ2v) is 7.58. The molecule has 0 saturated carbocycles. The molecular formula is C23H26N4O5. The van der Waals surface area contributed by atoms with Gasteiger partial charge in [-0.05, 0) is 37.1 Å². The van der Waals surface area contributed by atoms with Gasteiger partial charge in [0.2, 0.25) is 0 Å². The molecule has 3 aromatic rings. The highest BCUT2D eigenvalue weighted by Gasteiger charge is 2.31. The van der Waals surface area contributed by atoms with Crippen LogP contribution in [0.3, 0.4) is 0 Å². The number of nitrogens with one attached hydrogen (secondary N) is 2. The van der Waals surface area contributed by atoms with Gasteiger partial charge < -0.3 is 29.7 Å². The minimum Gasteiger partial charge on any atom is -0.495 e. The average molecular weight is 438 g/mol. The Balaban J connectivity index is 1.30. The molecule has 0 spiro atoms. The van der Waals surface area contributed by atoms with Crippen molar-refractivity contribution in [1.82, 2.24) is 15.5 Å². The number of benzene rings is 1. The zero-order valence-electron chi connectivity index (χ0n) is 17.7. The van der Waals surface area contributed by atoms with Crippen LogP contribution < -0.4 is 15.4 Å². The molecule has 0 radical (unpaired) electrons. The van der Waals surface area contributed by atoms with Gasteiger partial charge in [0.15, 0.2) is 5.76 Å². The largest absolute Gasteiger partial charge is 0.495 e. The number of pyridine rings is 1. The quantitative estimate of drug-likeness (QED) is 0.519. The smallest absolute Gasteiger partial charge is 0.319 e. The number of ether oxygens (including phenoxy) is 2. The van der Waals surface area contributed by atoms with Crippen molar-refractivity contribution in [3.8, 4) is 17.2 Å². The Bertz CT molecular complexity index is 1030. The first kappa shape index (κ1) is 21.8. The number of methoxy groups -OCH3 is 1. The van der Waals surface area contributed by atoms with E-state index in [1.165, 1.54) is 0 Å². The highest BCUT2D eigenvalue weighted by atomic mass is 16.5. The third kappa shape index (κ3) is 5.43. The maximum Gasteiger partial charge on any atom is 0.319 e. The Labute approximate surface area is 185 Å². The number of urea groups is 1. The first-order chi connectivity index (χ1) is 15.6. The number of hydrogen-bond donors (Lipinski definition) is 3. The summed E-state index contributed by atoms with van der Waals surface area (Å²) in [4.78, 5) is 16.6. The number of carbonyl (C=O) groups is 1. The standard InChI is InChI=1S/C23H26N4O5/c1-30-20-8-3-2-7-18(20)26-23(29)25-14-22-19(28)10-9-16(31-22)12-15-13-21(32-27-15)17-6-4-5-11-24-17/h2-8,11,13,16,19,22,28H,9-10,12,14H2,1H3,(H2,25,26,29)/t16-,19-,22+/m0/s1. The number of aliphatic hydroxyl groups excluding tert-OH is 1. The molecule has 2 aromatic heterocycles. The summed E-state index contributed by atoms with van der Waals surface area (Å²) in [6.07, 6.45) is 2.22. The van der Waals surface area contributed by atoms with E-state index >= 15 is 0 Å². The van der Waals surface area contributed by atoms with Crippen LogP contribution in [0.2, 0.25) is 0 Å². The lowest BCUT2D eigenvalue weighted by Gasteiger charge is -2.33. The zero-order chi connectivity index (χ0) is 22.3. The Morgan fingerprint density at radius 3 is 2.88 bits per heavy atom. The van der Waals surface area contributed by atoms with Crippen molar-refractivity contribution in [3.63, 3.8) is 0 Å². The first-order valence-corrected chi connectivity index (χ1v) is 10.5. The molecule has 1 fully saturated rings. The fourth-order valence-corrected chi connectivity index (χ4v) is 3.66. The van der Waals surface area contributed by atoms with Gasteiger partial charge in [-0.25, -0.2) is 4.79 Å². The maximum atomic E-state index is 12.3. The van der Waals surface area contributed by atoms with E-state index in [1.807, 2.05) is 30.3 Å². The third-order valence-corrected chi connectivity index (χ3v) is 5.31. The van der Waals surface area contributed by atoms with E-state index in [0.717, 1.165) is 11.4 Å². The molecule has 168 valence electrons. The van der Waals surface area contributed by atoms with Crippen LogP contribution in [0.25, 0.3) is 11.5 Å². The van der Waals surface area contributed by atoms with E-state index in [4.69, 9.17) is 14.0 Å². The van der Waals surface area contributed by atoms with E-state index < -0.39 is 18.2 Å². The molecule has 1 aliphatic rings. The molecule has 1 saturated heterocycles. The topological polar surface area (TPSA) is 119 Å². The lowest BCUT2D eigenvalue weighted by atomic mass is 9.98. The molecule has 3 N–H and O–H groups in total. The normalized spacial score (nSPS) is 20.5. The van der Waals surface area contributed by atoms with Crippen LogP contribution in [0.15, 0.2) is 59.3 Å². The predicted molar refractivity (Wildman–Crippen MR) is 117 cm³/mol. The van der Waals surface area contributed by atoms with Crippen molar-refractivity contribution in [3.05, 3.63) is 60.4 Å². The summed E-state index contributed by atoms with van der Waals surface area (Å²) >= 11 is 0. The van der Waals surface area contributed by atoms with Gasteiger partial charge in [-0.3, -0.25) is 4.98 Å². The van der Waals surface area contributed by atoms with Crippen LogP contribution in [0.4, 0.5) is 10.5 Å². The number of carbonyl (C=O) groups excluding carboxylic acids is 1. The van der Waals surface area contributed by atoms with Gasteiger partial charge in [-0.15, -0.1) is 0 Å². The summed E-state index contributed by atoms with van der Waals surface area (Å²) in [7, 11) is 1.54. The number of nitrogens with zero attached hydrogens (tertiary/aromatic N) is 2. The van der Waals surface area contributed by atoms with Crippen molar-refractivity contribution < 1.29 is 23.9 Å². The van der Waals surface area contributed by atoms with Crippen LogP contribution in [-0.2, 0) is 11.2 Å². The molecule has 3 atom stereocenters. The summed E-state index contributed by atoms with van der Waals surface area (Å²) in [5.41, 5.74) is 2.03. The molecule has 0 bridgehead atoms. The number of aromatic nitrogens is 2. The van der Waals surface area contributed by atoms with Gasteiger partial charge in [-0.2, -0.15) is 0 Å². The Kier molecular flexibility index (Phi) is 6.98. The summed E-state index contributed by atoms with van der Waals surface area (Å²) < 4.78 is 16.7. The molecule has 0 unspecified atom stereocenters. The first-order valence-electron chi connectivity index (χ1n) is 10.5. The number of anilines is 1. The molecule has 32 heavy (non-hydrogen) atoms. The third-order valence-electron chi connectivity index (χ3n) is 5.31. The van der Waals surface area contributed by atoms with Crippen molar-refractivity contribution in [2.45, 2.75) is 37.6 Å². The van der Waals surface area contributed by atoms with Gasteiger partial charge in [0.1, 0.15) is 17.5 Å². The SMILES string of the molecule is COc1ccccc1NC(=O)NC[C@H]1O[C@H](Cc2cc(-c3ccccn3)on2)CC[C@@H]1O. The van der Waals surface area contributed by atoms with E-state index in [-0.39, 0.29) is 12.6 Å². The fraction of sp³-hybridized carbons (Fsp3) is 0.348. The number of rotatable bonds is 7. The second kappa shape index (κ2) is 10.3. The van der Waals surface area contributed by atoms with Crippen LogP contribution in [0.5, 0.6) is 5.75 Å². The van der Waals surface area contributed by atoms with Crippen LogP contribution in [0, 0.1) is 0 Å². The second-order valence-electron chi connectivity index (χ2n) is 7.58. The van der Waals surface area contributed by atoms with E-state index in [1.54, 1.807) is 31.5 Å². The van der Waals surface area contributed by atoms with Gasteiger partial charge in [0.05, 0.1) is 30.7 Å². The molecule has 1 aliphatic heterocycles. The maximum absolute atomic E-state index is 12.3. The van der Waals surface area contributed by atoms with Crippen molar-refractivity contribution >= 4 is 11.7 Å². The van der Waals surface area contributed by atoms with Gasteiger partial charge >= 0.3 is 6.03 Å². The molecular weight excluding hydrogens is 412 g/mol. The van der Waals surface area contributed by atoms with E-state index in [9.17, 15) is 9.90 Å². The van der Waals surface area contributed by atoms with E-state index in [0.29, 0.717) is 36.5 Å². The average Bonchev–Trinajstić information content (AvgIpc) is 3.29. The fourth-order valence-electron chi connectivity index (χ4n) is 3.66.